The van der Waals surface area contributed by atoms with Crippen LogP contribution in [0.15, 0.2) is 40.9 Å². The van der Waals surface area contributed by atoms with Crippen LogP contribution in [0.4, 0.5) is 0 Å². The molecule has 158 valence electrons. The number of nitrogens with zero attached hydrogens (tertiary/aromatic N) is 2. The number of para-hydroxylation sites is 1. The van der Waals surface area contributed by atoms with E-state index in [0.717, 1.165) is 30.2 Å². The molecule has 1 aromatic carbocycles. The zero-order chi connectivity index (χ0) is 21.3. The number of ketones is 1. The molecular weight excluding hydrogens is 382 g/mol. The Morgan fingerprint density at radius 2 is 2.10 bits per heavy atom. The zero-order valence-electron chi connectivity index (χ0n) is 17.4. The number of fused-ring (bicyclic) bond motifs is 1. The minimum atomic E-state index is -0.322. The number of benzene rings is 1. The smallest absolute Gasteiger partial charge is 0.224 e. The van der Waals surface area contributed by atoms with Gasteiger partial charge >= 0.3 is 0 Å². The van der Waals surface area contributed by atoms with E-state index in [1.165, 1.54) is 0 Å². The van der Waals surface area contributed by atoms with Crippen LogP contribution in [0.2, 0.25) is 0 Å². The Bertz CT molecular complexity index is 999. The maximum absolute atomic E-state index is 11.4. The van der Waals surface area contributed by atoms with Crippen molar-refractivity contribution in [2.24, 2.45) is 0 Å². The van der Waals surface area contributed by atoms with Gasteiger partial charge in [-0.1, -0.05) is 38.0 Å². The molecule has 0 fully saturated rings. The van der Waals surface area contributed by atoms with Gasteiger partial charge in [0.1, 0.15) is 11.8 Å². The summed E-state index contributed by atoms with van der Waals surface area (Å²) >= 11 is 0. The van der Waals surface area contributed by atoms with Gasteiger partial charge in [0.2, 0.25) is 18.2 Å². The number of rotatable bonds is 12. The van der Waals surface area contributed by atoms with Gasteiger partial charge in [-0.2, -0.15) is 0 Å². The third-order valence-corrected chi connectivity index (χ3v) is 5.08. The Kier molecular flexibility index (Phi) is 7.54. The van der Waals surface area contributed by atoms with Crippen LogP contribution in [0.1, 0.15) is 57.4 Å². The van der Waals surface area contributed by atoms with E-state index in [-0.39, 0.29) is 11.8 Å². The van der Waals surface area contributed by atoms with E-state index in [0.29, 0.717) is 48.8 Å². The number of carbonyl (C=O) groups is 2. The molecule has 0 saturated carbocycles. The first-order chi connectivity index (χ1) is 14.7. The number of unbranched alkanes of at least 4 members (excludes halogenated alkanes) is 2. The maximum Gasteiger partial charge on any atom is 0.224 e. The lowest BCUT2D eigenvalue weighted by Gasteiger charge is -2.12. The van der Waals surface area contributed by atoms with Crippen molar-refractivity contribution in [2.75, 3.05) is 7.11 Å². The number of carbonyl (C=O) groups excluding carboxylic acids is 2. The van der Waals surface area contributed by atoms with Crippen LogP contribution in [-0.4, -0.2) is 29.3 Å². The fourth-order valence-corrected chi connectivity index (χ4v) is 3.39. The van der Waals surface area contributed by atoms with Gasteiger partial charge < -0.3 is 14.5 Å². The SMILES string of the molecule is CCC(=O)CCCCC[C@H](NC=O)c1ncc(-c2cc3ccccc3nc2OC)o1. The number of oxazole rings is 1. The molecule has 0 aliphatic heterocycles. The van der Waals surface area contributed by atoms with Gasteiger partial charge in [-0.05, 0) is 25.0 Å². The molecule has 30 heavy (non-hydrogen) atoms. The molecule has 2 heterocycles. The molecule has 7 nitrogen and oxygen atoms in total. The quantitative estimate of drug-likeness (QED) is 0.347. The number of pyridine rings is 1. The summed E-state index contributed by atoms with van der Waals surface area (Å²) in [5, 5.41) is 3.75. The second-order valence-corrected chi connectivity index (χ2v) is 7.13. The first kappa shape index (κ1) is 21.5. The van der Waals surface area contributed by atoms with E-state index in [1.807, 2.05) is 37.3 Å². The van der Waals surface area contributed by atoms with Crippen molar-refractivity contribution in [1.82, 2.24) is 15.3 Å². The minimum Gasteiger partial charge on any atom is -0.480 e. The molecule has 0 aliphatic rings. The number of ether oxygens (including phenoxy) is 1. The Hall–Kier alpha value is -3.22. The van der Waals surface area contributed by atoms with Crippen molar-refractivity contribution in [3.8, 4) is 17.2 Å². The van der Waals surface area contributed by atoms with E-state index in [4.69, 9.17) is 9.15 Å². The van der Waals surface area contributed by atoms with Crippen LogP contribution in [0.3, 0.4) is 0 Å². The van der Waals surface area contributed by atoms with Gasteiger partial charge in [-0.15, -0.1) is 0 Å². The van der Waals surface area contributed by atoms with Crippen LogP contribution in [-0.2, 0) is 9.59 Å². The van der Waals surface area contributed by atoms with Crippen molar-refractivity contribution < 1.29 is 18.7 Å². The highest BCUT2D eigenvalue weighted by molar-refractivity contribution is 5.85. The fourth-order valence-electron chi connectivity index (χ4n) is 3.39. The highest BCUT2D eigenvalue weighted by Gasteiger charge is 2.20. The molecule has 1 N–H and O–H groups in total. The average Bonchev–Trinajstić information content (AvgIpc) is 3.26. The summed E-state index contributed by atoms with van der Waals surface area (Å²) in [7, 11) is 1.57. The summed E-state index contributed by atoms with van der Waals surface area (Å²) < 4.78 is 11.4. The summed E-state index contributed by atoms with van der Waals surface area (Å²) in [4.78, 5) is 31.4. The molecule has 1 atom stereocenters. The van der Waals surface area contributed by atoms with Crippen LogP contribution in [0, 0.1) is 0 Å². The van der Waals surface area contributed by atoms with Crippen molar-refractivity contribution in [3.63, 3.8) is 0 Å². The first-order valence-electron chi connectivity index (χ1n) is 10.3. The molecule has 0 aliphatic carbocycles. The topological polar surface area (TPSA) is 94.3 Å². The summed E-state index contributed by atoms with van der Waals surface area (Å²) in [5.74, 6) is 1.72. The molecule has 0 unspecified atom stereocenters. The predicted molar refractivity (Wildman–Crippen MR) is 114 cm³/mol. The Morgan fingerprint density at radius 1 is 1.27 bits per heavy atom. The number of methoxy groups -OCH3 is 1. The van der Waals surface area contributed by atoms with Crippen molar-refractivity contribution in [2.45, 2.75) is 51.5 Å². The second-order valence-electron chi connectivity index (χ2n) is 7.13. The minimum absolute atomic E-state index is 0.285. The van der Waals surface area contributed by atoms with Gasteiger partial charge in [-0.3, -0.25) is 9.59 Å². The van der Waals surface area contributed by atoms with Crippen molar-refractivity contribution >= 4 is 23.1 Å². The van der Waals surface area contributed by atoms with Gasteiger partial charge in [-0.25, -0.2) is 9.97 Å². The zero-order valence-corrected chi connectivity index (χ0v) is 17.4. The van der Waals surface area contributed by atoms with Crippen molar-refractivity contribution in [1.29, 1.82) is 0 Å². The number of aromatic nitrogens is 2. The fraction of sp³-hybridized carbons (Fsp3) is 0.391. The molecule has 0 spiro atoms. The van der Waals surface area contributed by atoms with E-state index < -0.39 is 0 Å². The Morgan fingerprint density at radius 3 is 2.87 bits per heavy atom. The lowest BCUT2D eigenvalue weighted by molar-refractivity contribution is -0.118. The highest BCUT2D eigenvalue weighted by Crippen LogP contribution is 2.33. The summed E-state index contributed by atoms with van der Waals surface area (Å²) in [6, 6.07) is 9.41. The van der Waals surface area contributed by atoms with E-state index in [9.17, 15) is 9.59 Å². The molecule has 0 bridgehead atoms. The number of hydrogen-bond acceptors (Lipinski definition) is 6. The van der Waals surface area contributed by atoms with Gasteiger partial charge in [0.05, 0.1) is 24.4 Å². The lowest BCUT2D eigenvalue weighted by Crippen LogP contribution is -2.19. The first-order valence-corrected chi connectivity index (χ1v) is 10.3. The highest BCUT2D eigenvalue weighted by atomic mass is 16.5. The molecule has 1 amide bonds. The van der Waals surface area contributed by atoms with Crippen LogP contribution in [0.5, 0.6) is 5.88 Å². The van der Waals surface area contributed by atoms with Crippen LogP contribution >= 0.6 is 0 Å². The Balaban J connectivity index is 1.73. The molecule has 0 saturated heterocycles. The molecular formula is C23H27N3O4. The molecule has 3 aromatic rings. The molecule has 3 rings (SSSR count). The Labute approximate surface area is 175 Å². The summed E-state index contributed by atoms with van der Waals surface area (Å²) in [6.45, 7) is 1.88. The monoisotopic (exact) mass is 409 g/mol. The third kappa shape index (κ3) is 5.23. The second kappa shape index (κ2) is 10.5. The molecule has 0 radical (unpaired) electrons. The molecule has 7 heteroatoms. The molecule has 2 aromatic heterocycles. The number of Topliss-reactive ketones (excluding diaryl/α,β-unsaturated/α-hetero) is 1. The number of amides is 1. The number of hydrogen-bond donors (Lipinski definition) is 1. The summed E-state index contributed by atoms with van der Waals surface area (Å²) in [5.41, 5.74) is 1.54. The van der Waals surface area contributed by atoms with E-state index >= 15 is 0 Å². The lowest BCUT2D eigenvalue weighted by atomic mass is 10.1. The van der Waals surface area contributed by atoms with Crippen molar-refractivity contribution in [3.05, 3.63) is 42.4 Å². The van der Waals surface area contributed by atoms with Crippen LogP contribution in [0.25, 0.3) is 22.2 Å². The van der Waals surface area contributed by atoms with Crippen LogP contribution < -0.4 is 10.1 Å². The average molecular weight is 409 g/mol. The predicted octanol–water partition coefficient (Wildman–Crippen LogP) is 4.62. The third-order valence-electron chi connectivity index (χ3n) is 5.08. The van der Waals surface area contributed by atoms with E-state index in [1.54, 1.807) is 13.3 Å². The largest absolute Gasteiger partial charge is 0.480 e. The number of nitrogens with one attached hydrogen (secondary N) is 1. The van der Waals surface area contributed by atoms with E-state index in [2.05, 4.69) is 15.3 Å². The normalized spacial score (nSPS) is 11.9. The summed E-state index contributed by atoms with van der Waals surface area (Å²) in [6.07, 6.45) is 6.81. The van der Waals surface area contributed by atoms with Gasteiger partial charge in [0, 0.05) is 18.2 Å². The standard InChI is InChI=1S/C23H27N3O4/c1-3-17(28)10-5-4-6-12-20(25-15-27)23-24-14-21(30-23)18-13-16-9-7-8-11-19(16)26-22(18)29-2/h7-9,11,13-15,20H,3-6,10,12H2,1-2H3,(H,25,27)/t20-/m0/s1. The van der Waals surface area contributed by atoms with Gasteiger partial charge in [0.15, 0.2) is 5.76 Å². The maximum atomic E-state index is 11.4. The van der Waals surface area contributed by atoms with Gasteiger partial charge in [0.25, 0.3) is 0 Å².